The zero-order chi connectivity index (χ0) is 7.61. The molecule has 1 nitrogen and oxygen atoms in total. The molecule has 0 bridgehead atoms. The summed E-state index contributed by atoms with van der Waals surface area (Å²) >= 11 is 0. The molecule has 1 heteroatoms. The van der Waals surface area contributed by atoms with Crippen molar-refractivity contribution >= 4 is 0 Å². The molecule has 0 spiro atoms. The minimum absolute atomic E-state index is 0.480. The summed E-state index contributed by atoms with van der Waals surface area (Å²) in [4.78, 5) is 0. The van der Waals surface area contributed by atoms with Crippen LogP contribution in [0.4, 0.5) is 0 Å². The number of hydrogen-bond acceptors (Lipinski definition) is 1. The topological polar surface area (TPSA) is 12.0 Å². The van der Waals surface area contributed by atoms with Gasteiger partial charge in [-0.2, -0.15) is 0 Å². The summed E-state index contributed by atoms with van der Waals surface area (Å²) in [6, 6.07) is 0.657. The van der Waals surface area contributed by atoms with E-state index in [1.807, 2.05) is 6.08 Å². The van der Waals surface area contributed by atoms with Gasteiger partial charge >= 0.3 is 0 Å². The van der Waals surface area contributed by atoms with Crippen LogP contribution in [0.25, 0.3) is 0 Å². The van der Waals surface area contributed by atoms with Crippen LogP contribution in [-0.4, -0.2) is 12.6 Å². The molecule has 0 aromatic heterocycles. The number of hydrogen-bond donors (Lipinski definition) is 1. The highest BCUT2D eigenvalue weighted by Gasteiger charge is 2.32. The Kier molecular flexibility index (Phi) is 2.14. The zero-order valence-electron chi connectivity index (χ0n) is 6.98. The maximum Gasteiger partial charge on any atom is 0.0153 e. The summed E-state index contributed by atoms with van der Waals surface area (Å²) in [6.07, 6.45) is 4.41. The molecular formula is C9H17N. The normalized spacial score (nSPS) is 30.4. The summed E-state index contributed by atoms with van der Waals surface area (Å²) in [5.41, 5.74) is 0.480. The largest absolute Gasteiger partial charge is 0.313 e. The molecule has 10 heavy (non-hydrogen) atoms. The van der Waals surface area contributed by atoms with Gasteiger partial charge in [0, 0.05) is 6.04 Å². The summed E-state index contributed by atoms with van der Waals surface area (Å²) in [6.45, 7) is 9.56. The van der Waals surface area contributed by atoms with Crippen molar-refractivity contribution in [3.05, 3.63) is 12.7 Å². The highest BCUT2D eigenvalue weighted by molar-refractivity contribution is 4.94. The van der Waals surface area contributed by atoms with Gasteiger partial charge in [0.1, 0.15) is 0 Å². The van der Waals surface area contributed by atoms with E-state index in [-0.39, 0.29) is 0 Å². The van der Waals surface area contributed by atoms with Crippen LogP contribution in [0.15, 0.2) is 12.7 Å². The van der Waals surface area contributed by atoms with Crippen LogP contribution in [0.5, 0.6) is 0 Å². The lowest BCUT2D eigenvalue weighted by Crippen LogP contribution is -2.31. The van der Waals surface area contributed by atoms with Crippen molar-refractivity contribution in [1.29, 1.82) is 0 Å². The molecule has 0 aromatic rings. The maximum atomic E-state index is 3.75. The Morgan fingerprint density at radius 1 is 1.70 bits per heavy atom. The van der Waals surface area contributed by atoms with E-state index in [1.165, 1.54) is 13.0 Å². The monoisotopic (exact) mass is 139 g/mol. The Balaban J connectivity index is 2.50. The van der Waals surface area contributed by atoms with Crippen LogP contribution >= 0.6 is 0 Å². The van der Waals surface area contributed by atoms with Gasteiger partial charge in [-0.25, -0.2) is 0 Å². The lowest BCUT2D eigenvalue weighted by molar-refractivity contribution is 0.315. The first kappa shape index (κ1) is 7.80. The Bertz CT molecular complexity index is 127. The molecule has 1 aliphatic heterocycles. The van der Waals surface area contributed by atoms with E-state index in [0.717, 1.165) is 6.42 Å². The van der Waals surface area contributed by atoms with Crippen molar-refractivity contribution in [2.45, 2.75) is 32.7 Å². The third kappa shape index (κ3) is 1.40. The van der Waals surface area contributed by atoms with Gasteiger partial charge in [0.25, 0.3) is 0 Å². The second-order valence-corrected chi connectivity index (χ2v) is 3.77. The van der Waals surface area contributed by atoms with Crippen molar-refractivity contribution in [2.75, 3.05) is 6.54 Å². The lowest BCUT2D eigenvalue weighted by atomic mass is 9.83. The van der Waals surface area contributed by atoms with Crippen LogP contribution in [-0.2, 0) is 0 Å². The maximum absolute atomic E-state index is 3.75. The van der Waals surface area contributed by atoms with Crippen LogP contribution in [0.2, 0.25) is 0 Å². The fourth-order valence-electron chi connectivity index (χ4n) is 1.59. The van der Waals surface area contributed by atoms with E-state index >= 15 is 0 Å². The molecule has 1 rings (SSSR count). The first-order chi connectivity index (χ1) is 4.67. The van der Waals surface area contributed by atoms with Crippen molar-refractivity contribution < 1.29 is 0 Å². The number of nitrogens with one attached hydrogen (secondary N) is 1. The van der Waals surface area contributed by atoms with E-state index in [1.54, 1.807) is 0 Å². The molecule has 1 unspecified atom stereocenters. The average molecular weight is 139 g/mol. The highest BCUT2D eigenvalue weighted by atomic mass is 15.0. The van der Waals surface area contributed by atoms with Crippen LogP contribution in [0.3, 0.4) is 0 Å². The molecule has 0 aromatic carbocycles. The lowest BCUT2D eigenvalue weighted by Gasteiger charge is -2.25. The molecule has 1 N–H and O–H groups in total. The minimum atomic E-state index is 0.480. The summed E-state index contributed by atoms with van der Waals surface area (Å²) in [5, 5.41) is 3.48. The molecule has 58 valence electrons. The Labute approximate surface area is 63.5 Å². The third-order valence-corrected chi connectivity index (χ3v) is 2.51. The molecule has 1 saturated heterocycles. The molecule has 1 atom stereocenters. The van der Waals surface area contributed by atoms with Crippen molar-refractivity contribution in [3.8, 4) is 0 Å². The van der Waals surface area contributed by atoms with Gasteiger partial charge in [-0.05, 0) is 24.8 Å². The Hall–Kier alpha value is -0.300. The van der Waals surface area contributed by atoms with Crippen LogP contribution in [0.1, 0.15) is 26.7 Å². The molecule has 1 heterocycles. The highest BCUT2D eigenvalue weighted by Crippen LogP contribution is 2.31. The molecule has 0 amide bonds. The predicted octanol–water partition coefficient (Wildman–Crippen LogP) is 1.95. The van der Waals surface area contributed by atoms with E-state index < -0.39 is 0 Å². The van der Waals surface area contributed by atoms with Gasteiger partial charge in [0.15, 0.2) is 0 Å². The summed E-state index contributed by atoms with van der Waals surface area (Å²) in [7, 11) is 0. The molecule has 0 radical (unpaired) electrons. The van der Waals surface area contributed by atoms with E-state index in [2.05, 4.69) is 25.7 Å². The van der Waals surface area contributed by atoms with Crippen molar-refractivity contribution in [2.24, 2.45) is 5.41 Å². The van der Waals surface area contributed by atoms with E-state index in [0.29, 0.717) is 11.5 Å². The van der Waals surface area contributed by atoms with E-state index in [9.17, 15) is 0 Å². The van der Waals surface area contributed by atoms with Gasteiger partial charge in [-0.1, -0.05) is 19.9 Å². The fraction of sp³-hybridized carbons (Fsp3) is 0.778. The van der Waals surface area contributed by atoms with Crippen molar-refractivity contribution in [1.82, 2.24) is 5.32 Å². The molecular weight excluding hydrogens is 122 g/mol. The smallest absolute Gasteiger partial charge is 0.0153 e. The second kappa shape index (κ2) is 2.75. The van der Waals surface area contributed by atoms with E-state index in [4.69, 9.17) is 0 Å². The standard InChI is InChI=1S/C9H17N/c1-4-5-8-9(2,3)6-7-10-8/h4,8,10H,1,5-7H2,2-3H3. The van der Waals surface area contributed by atoms with Gasteiger partial charge in [-0.15, -0.1) is 6.58 Å². The SMILES string of the molecule is C=CCC1NCCC1(C)C. The van der Waals surface area contributed by atoms with Gasteiger partial charge in [0.05, 0.1) is 0 Å². The van der Waals surface area contributed by atoms with Crippen LogP contribution < -0.4 is 5.32 Å². The average Bonchev–Trinajstić information content (AvgIpc) is 2.13. The molecule has 0 aliphatic carbocycles. The Morgan fingerprint density at radius 3 is 2.80 bits per heavy atom. The minimum Gasteiger partial charge on any atom is -0.313 e. The Morgan fingerprint density at radius 2 is 2.40 bits per heavy atom. The second-order valence-electron chi connectivity index (χ2n) is 3.77. The zero-order valence-corrected chi connectivity index (χ0v) is 6.98. The van der Waals surface area contributed by atoms with Crippen LogP contribution in [0, 0.1) is 5.41 Å². The van der Waals surface area contributed by atoms with Gasteiger partial charge < -0.3 is 5.32 Å². The summed E-state index contributed by atoms with van der Waals surface area (Å²) < 4.78 is 0. The summed E-state index contributed by atoms with van der Waals surface area (Å²) in [5.74, 6) is 0. The fourth-order valence-corrected chi connectivity index (χ4v) is 1.59. The number of rotatable bonds is 2. The molecule has 0 saturated carbocycles. The van der Waals surface area contributed by atoms with Gasteiger partial charge in [0.2, 0.25) is 0 Å². The first-order valence-electron chi connectivity index (χ1n) is 4.01. The quantitative estimate of drug-likeness (QED) is 0.577. The predicted molar refractivity (Wildman–Crippen MR) is 45.0 cm³/mol. The third-order valence-electron chi connectivity index (χ3n) is 2.51. The van der Waals surface area contributed by atoms with Gasteiger partial charge in [-0.3, -0.25) is 0 Å². The van der Waals surface area contributed by atoms with Crippen molar-refractivity contribution in [3.63, 3.8) is 0 Å². The molecule has 1 aliphatic rings. The first-order valence-corrected chi connectivity index (χ1v) is 4.01. The molecule has 1 fully saturated rings.